The summed E-state index contributed by atoms with van der Waals surface area (Å²) in [4.78, 5) is 7.92. The Balaban J connectivity index is 0.00000462. The summed E-state index contributed by atoms with van der Waals surface area (Å²) in [5, 5.41) is 4.92. The van der Waals surface area contributed by atoms with Crippen molar-refractivity contribution >= 4 is 38.5 Å². The molecule has 4 heteroatoms. The summed E-state index contributed by atoms with van der Waals surface area (Å²) in [6.07, 6.45) is 1.84. The number of hydrogen-bond acceptors (Lipinski definition) is 3. The van der Waals surface area contributed by atoms with E-state index in [-0.39, 0.29) is 38.6 Å². The summed E-state index contributed by atoms with van der Waals surface area (Å²) in [5.74, 6) is 0. The maximum Gasteiger partial charge on any atom is 3.00 e. The standard InChI is InChI=1S/C56H49N2S.Au/c1-54(2,3)38-23-17-35(18-24-38)46-33-50(37-19-25-39(26-20-37)55(4,5)6)57-53-44(46)29-22-36-21-27-40(31-47(36)53)58(51-34-59-52-16-12-10-14-45(51)52)41-28-30-43-42-13-9-11-15-48(42)56(7,8)49(43)32-41;/h9-19,21,23-28,30,32-33H,22,29H2,1-8H3;/q-3;+3. The molecule has 8 aromatic rings. The summed E-state index contributed by atoms with van der Waals surface area (Å²) in [6.45, 7) is 18.3. The third-order valence-electron chi connectivity index (χ3n) is 12.7. The zero-order valence-electron chi connectivity index (χ0n) is 35.6. The molecular formula is C56H49AuN2S. The molecular weight excluding hydrogens is 930 g/mol. The van der Waals surface area contributed by atoms with E-state index < -0.39 is 0 Å². The van der Waals surface area contributed by atoms with Crippen molar-refractivity contribution in [2.75, 3.05) is 4.90 Å². The number of anilines is 3. The monoisotopic (exact) mass is 978 g/mol. The molecule has 0 bridgehead atoms. The fourth-order valence-corrected chi connectivity index (χ4v) is 10.1. The van der Waals surface area contributed by atoms with Gasteiger partial charge < -0.3 is 9.88 Å². The molecule has 0 fully saturated rings. The van der Waals surface area contributed by atoms with Crippen LogP contribution in [0.15, 0.2) is 127 Å². The Morgan fingerprint density at radius 1 is 0.683 bits per heavy atom. The van der Waals surface area contributed by atoms with Crippen molar-refractivity contribution in [2.45, 2.75) is 84.5 Å². The first kappa shape index (κ1) is 40.4. The van der Waals surface area contributed by atoms with Crippen LogP contribution in [0.3, 0.4) is 0 Å². The van der Waals surface area contributed by atoms with Gasteiger partial charge >= 0.3 is 22.4 Å². The maximum absolute atomic E-state index is 5.55. The minimum Gasteiger partial charge on any atom is -0.352 e. The molecule has 0 atom stereocenters. The average molecular weight is 979 g/mol. The van der Waals surface area contributed by atoms with Gasteiger partial charge in [0.05, 0.1) is 0 Å². The number of thiophene rings is 1. The smallest absolute Gasteiger partial charge is 0.352 e. The largest absolute Gasteiger partial charge is 3.00 e. The van der Waals surface area contributed by atoms with Gasteiger partial charge in [0.25, 0.3) is 0 Å². The second-order valence-corrected chi connectivity index (χ2v) is 19.8. The number of aryl methyl sites for hydroxylation is 1. The van der Waals surface area contributed by atoms with E-state index in [2.05, 4.69) is 205 Å². The topological polar surface area (TPSA) is 16.1 Å². The second kappa shape index (κ2) is 14.9. The number of aromatic nitrogens is 1. The van der Waals surface area contributed by atoms with Crippen molar-refractivity contribution in [3.05, 3.63) is 178 Å². The number of pyridine rings is 1. The Bertz CT molecular complexity index is 2920. The number of rotatable bonds is 5. The minimum absolute atomic E-state index is 0. The maximum atomic E-state index is 5.55. The van der Waals surface area contributed by atoms with Crippen LogP contribution in [0.2, 0.25) is 0 Å². The van der Waals surface area contributed by atoms with Crippen molar-refractivity contribution in [1.29, 1.82) is 0 Å². The van der Waals surface area contributed by atoms with Crippen LogP contribution >= 0.6 is 11.3 Å². The van der Waals surface area contributed by atoms with Gasteiger partial charge in [-0.1, -0.05) is 151 Å². The zero-order valence-corrected chi connectivity index (χ0v) is 38.6. The normalized spacial score (nSPS) is 13.9. The third kappa shape index (κ3) is 6.81. The van der Waals surface area contributed by atoms with Gasteiger partial charge in [-0.2, -0.15) is 0 Å². The third-order valence-corrected chi connectivity index (χ3v) is 13.6. The van der Waals surface area contributed by atoms with Crippen molar-refractivity contribution in [2.24, 2.45) is 0 Å². The molecule has 0 radical (unpaired) electrons. The Labute approximate surface area is 375 Å². The molecule has 0 amide bonds. The van der Waals surface area contributed by atoms with Gasteiger partial charge in [0.15, 0.2) is 0 Å². The summed E-state index contributed by atoms with van der Waals surface area (Å²) in [5.41, 5.74) is 20.1. The van der Waals surface area contributed by atoms with Gasteiger partial charge in [-0.25, -0.2) is 0 Å². The number of fused-ring (bicyclic) bond motifs is 7. The van der Waals surface area contributed by atoms with Crippen LogP contribution in [-0.4, -0.2) is 4.98 Å². The molecule has 0 saturated carbocycles. The quantitative estimate of drug-likeness (QED) is 0.126. The Hall–Kier alpha value is -5.03. The molecule has 0 N–H and O–H groups in total. The van der Waals surface area contributed by atoms with E-state index in [9.17, 15) is 0 Å². The molecule has 0 unspecified atom stereocenters. The Kier molecular flexibility index (Phi) is 10.00. The van der Waals surface area contributed by atoms with Crippen LogP contribution in [0.1, 0.15) is 88.8 Å². The first-order valence-electron chi connectivity index (χ1n) is 20.9. The first-order chi connectivity index (χ1) is 28.3. The summed E-state index contributed by atoms with van der Waals surface area (Å²) >= 11 is 1.67. The number of hydrogen-bond donors (Lipinski definition) is 0. The van der Waals surface area contributed by atoms with Gasteiger partial charge in [-0.05, 0) is 85.4 Å². The van der Waals surface area contributed by atoms with Crippen molar-refractivity contribution in [3.8, 4) is 44.8 Å². The minimum atomic E-state index is -0.129. The van der Waals surface area contributed by atoms with Crippen LogP contribution in [0, 0.1) is 17.5 Å². The second-order valence-electron chi connectivity index (χ2n) is 19.0. The predicted molar refractivity (Wildman–Crippen MR) is 249 cm³/mol. The van der Waals surface area contributed by atoms with Gasteiger partial charge in [0.1, 0.15) is 0 Å². The summed E-state index contributed by atoms with van der Waals surface area (Å²) < 4.78 is 1.21. The SMILES string of the molecule is CC(C)(C)c1c[c-]c(-c2cc(-c3ccc(C(C)(C)C)cc3)c3c(n2)-c2[c-]c(N(c4ccc5c(c4)C(C)(C)c4ccccc4-5)c4[c-]sc5ccccc45)ccc2CC3)cc1.[Au+3]. The molecule has 0 spiro atoms. The average Bonchev–Trinajstić information content (AvgIpc) is 3.75. The van der Waals surface area contributed by atoms with Crippen LogP contribution in [0.4, 0.5) is 17.1 Å². The Morgan fingerprint density at radius 3 is 2.15 bits per heavy atom. The van der Waals surface area contributed by atoms with Crippen LogP contribution in [0.5, 0.6) is 0 Å². The van der Waals surface area contributed by atoms with Gasteiger partial charge in [0, 0.05) is 11.1 Å². The zero-order chi connectivity index (χ0) is 40.8. The summed E-state index contributed by atoms with van der Waals surface area (Å²) in [6, 6.07) is 54.8. The molecule has 2 heterocycles. The van der Waals surface area contributed by atoms with E-state index in [0.717, 1.165) is 52.4 Å². The van der Waals surface area contributed by atoms with Crippen molar-refractivity contribution in [3.63, 3.8) is 0 Å². The molecule has 2 aromatic heterocycles. The predicted octanol–water partition coefficient (Wildman–Crippen LogP) is 15.2. The van der Waals surface area contributed by atoms with Gasteiger partial charge in [-0.15, -0.1) is 86.9 Å². The van der Waals surface area contributed by atoms with Crippen LogP contribution in [0.25, 0.3) is 54.9 Å². The molecule has 0 aliphatic heterocycles. The fraction of sp³-hybridized carbons (Fsp3) is 0.232. The van der Waals surface area contributed by atoms with E-state index in [1.165, 1.54) is 65.7 Å². The van der Waals surface area contributed by atoms with Gasteiger partial charge in [-0.3, -0.25) is 11.3 Å². The molecule has 10 rings (SSSR count). The van der Waals surface area contributed by atoms with E-state index >= 15 is 0 Å². The fourth-order valence-electron chi connectivity index (χ4n) is 9.25. The number of benzene rings is 6. The molecule has 2 nitrogen and oxygen atoms in total. The van der Waals surface area contributed by atoms with E-state index in [1.807, 2.05) is 0 Å². The van der Waals surface area contributed by atoms with Gasteiger partial charge in [0.2, 0.25) is 0 Å². The molecule has 2 aliphatic carbocycles. The molecule has 300 valence electrons. The van der Waals surface area contributed by atoms with Crippen molar-refractivity contribution in [1.82, 2.24) is 4.98 Å². The van der Waals surface area contributed by atoms with Crippen LogP contribution < -0.4 is 4.90 Å². The van der Waals surface area contributed by atoms with Crippen LogP contribution in [-0.2, 0) is 51.5 Å². The molecule has 60 heavy (non-hydrogen) atoms. The van der Waals surface area contributed by atoms with E-state index in [1.54, 1.807) is 11.3 Å². The van der Waals surface area contributed by atoms with E-state index in [4.69, 9.17) is 4.98 Å². The molecule has 6 aromatic carbocycles. The number of nitrogens with zero attached hydrogens (tertiary/aromatic N) is 2. The van der Waals surface area contributed by atoms with E-state index in [0.29, 0.717) is 0 Å². The Morgan fingerprint density at radius 2 is 1.40 bits per heavy atom. The van der Waals surface area contributed by atoms with Crippen molar-refractivity contribution < 1.29 is 22.4 Å². The first-order valence-corrected chi connectivity index (χ1v) is 21.7. The molecule has 0 saturated heterocycles. The summed E-state index contributed by atoms with van der Waals surface area (Å²) in [7, 11) is 0. The molecule has 2 aliphatic rings.